The summed E-state index contributed by atoms with van der Waals surface area (Å²) in [6.07, 6.45) is 5.04. The number of nitrogens with zero attached hydrogens (tertiary/aromatic N) is 1. The number of thiazole rings is 1. The minimum Gasteiger partial charge on any atom is -0.361 e. The minimum absolute atomic E-state index is 0.0404. The summed E-state index contributed by atoms with van der Waals surface area (Å²) in [6, 6.07) is 17.8. The van der Waals surface area contributed by atoms with Crippen LogP contribution < -0.4 is 10.0 Å². The van der Waals surface area contributed by atoms with Crippen LogP contribution in [0.3, 0.4) is 0 Å². The lowest BCUT2D eigenvalue weighted by Crippen LogP contribution is -2.26. The van der Waals surface area contributed by atoms with Crippen molar-refractivity contribution in [3.05, 3.63) is 65.0 Å². The number of aryl methyl sites for hydroxylation is 1. The average molecular weight is 488 g/mol. The van der Waals surface area contributed by atoms with Crippen LogP contribution in [0.5, 0.6) is 0 Å². The van der Waals surface area contributed by atoms with Crippen molar-refractivity contribution >= 4 is 38.3 Å². The maximum absolute atomic E-state index is 12.1. The molecule has 170 valence electrons. The second kappa shape index (κ2) is 11.3. The number of sulfonamides is 1. The highest BCUT2D eigenvalue weighted by Gasteiger charge is 2.19. The number of thioether (sulfide) groups is 1. The van der Waals surface area contributed by atoms with Gasteiger partial charge >= 0.3 is 0 Å². The van der Waals surface area contributed by atoms with Crippen molar-refractivity contribution in [1.29, 1.82) is 0 Å². The van der Waals surface area contributed by atoms with Crippen LogP contribution in [0.15, 0.2) is 59.5 Å². The van der Waals surface area contributed by atoms with Gasteiger partial charge in [0.2, 0.25) is 10.0 Å². The van der Waals surface area contributed by atoms with Crippen LogP contribution in [0.4, 0.5) is 5.13 Å². The zero-order valence-electron chi connectivity index (χ0n) is 18.0. The quantitative estimate of drug-likeness (QED) is 0.347. The van der Waals surface area contributed by atoms with E-state index in [-0.39, 0.29) is 5.75 Å². The first-order valence-corrected chi connectivity index (χ1v) is 14.5. The van der Waals surface area contributed by atoms with E-state index in [0.717, 1.165) is 60.8 Å². The van der Waals surface area contributed by atoms with Crippen molar-refractivity contribution in [3.8, 4) is 11.3 Å². The fourth-order valence-electron chi connectivity index (χ4n) is 3.72. The predicted molar refractivity (Wildman–Crippen MR) is 136 cm³/mol. The van der Waals surface area contributed by atoms with Crippen molar-refractivity contribution in [2.75, 3.05) is 24.2 Å². The molecular formula is C24H29N3O2S3. The first-order chi connectivity index (χ1) is 15.6. The summed E-state index contributed by atoms with van der Waals surface area (Å²) >= 11 is 3.69. The number of aromatic nitrogens is 1. The normalized spacial score (nSPS) is 13.2. The number of anilines is 1. The molecule has 2 N–H and O–H groups in total. The van der Waals surface area contributed by atoms with Gasteiger partial charge in [0.05, 0.1) is 11.4 Å². The molecule has 32 heavy (non-hydrogen) atoms. The van der Waals surface area contributed by atoms with E-state index in [4.69, 9.17) is 4.98 Å². The molecule has 0 aliphatic carbocycles. The third-order valence-electron chi connectivity index (χ3n) is 5.33. The molecule has 1 aliphatic heterocycles. The molecular weight excluding hydrogens is 458 g/mol. The lowest BCUT2D eigenvalue weighted by Gasteiger charge is -2.07. The second-order valence-electron chi connectivity index (χ2n) is 7.87. The molecule has 8 heteroatoms. The Hall–Kier alpha value is -1.87. The van der Waals surface area contributed by atoms with Crippen LogP contribution in [0.25, 0.3) is 11.3 Å². The number of unbranched alkanes of at least 4 members (excludes halogenated alkanes) is 3. The fraction of sp³-hybridized carbons (Fsp3) is 0.375. The molecule has 3 aromatic rings. The number of benzene rings is 2. The van der Waals surface area contributed by atoms with Crippen molar-refractivity contribution in [2.24, 2.45) is 0 Å². The molecule has 4 rings (SSSR count). The van der Waals surface area contributed by atoms with E-state index in [1.54, 1.807) is 11.3 Å². The second-order valence-corrected chi connectivity index (χ2v) is 11.9. The summed E-state index contributed by atoms with van der Waals surface area (Å²) < 4.78 is 27.0. The van der Waals surface area contributed by atoms with Gasteiger partial charge < -0.3 is 5.32 Å². The zero-order chi connectivity index (χ0) is 22.2. The van der Waals surface area contributed by atoms with E-state index < -0.39 is 10.0 Å². The van der Waals surface area contributed by atoms with E-state index in [1.165, 1.54) is 15.3 Å². The Morgan fingerprint density at radius 1 is 0.906 bits per heavy atom. The molecule has 0 spiro atoms. The van der Waals surface area contributed by atoms with Gasteiger partial charge in [0, 0.05) is 34.2 Å². The van der Waals surface area contributed by atoms with Gasteiger partial charge in [0.25, 0.3) is 0 Å². The SMILES string of the molecule is O=S(=O)(Cc1ccccc1)NCCCCCCNc1nc2c(s1)CCSc1ccccc1-2. The number of fused-ring (bicyclic) bond motifs is 3. The Morgan fingerprint density at radius 3 is 2.50 bits per heavy atom. The summed E-state index contributed by atoms with van der Waals surface area (Å²) in [5.41, 5.74) is 3.21. The van der Waals surface area contributed by atoms with Crippen LogP contribution in [-0.4, -0.2) is 32.2 Å². The molecule has 0 radical (unpaired) electrons. The van der Waals surface area contributed by atoms with Gasteiger partial charge in [0.1, 0.15) is 0 Å². The minimum atomic E-state index is -3.26. The lowest BCUT2D eigenvalue weighted by molar-refractivity contribution is 0.572. The number of hydrogen-bond acceptors (Lipinski definition) is 6. The molecule has 0 bridgehead atoms. The number of nitrogens with one attached hydrogen (secondary N) is 2. The summed E-state index contributed by atoms with van der Waals surface area (Å²) in [4.78, 5) is 7.57. The van der Waals surface area contributed by atoms with Crippen LogP contribution in [0, 0.1) is 0 Å². The summed E-state index contributed by atoms with van der Waals surface area (Å²) in [7, 11) is -3.26. The van der Waals surface area contributed by atoms with E-state index in [2.05, 4.69) is 34.3 Å². The third-order valence-corrected chi connectivity index (χ3v) is 8.83. The van der Waals surface area contributed by atoms with Crippen molar-refractivity contribution in [1.82, 2.24) is 9.71 Å². The first kappa shape index (κ1) is 23.3. The van der Waals surface area contributed by atoms with E-state index in [1.807, 2.05) is 42.1 Å². The van der Waals surface area contributed by atoms with Gasteiger partial charge in [-0.1, -0.05) is 61.4 Å². The molecule has 2 heterocycles. The van der Waals surface area contributed by atoms with Crippen molar-refractivity contribution < 1.29 is 8.42 Å². The highest BCUT2D eigenvalue weighted by Crippen LogP contribution is 2.40. The standard InChI is InChI=1S/C24H29N3O2S3/c28-32(29,18-19-10-4-3-5-11-19)26-16-9-2-1-8-15-25-24-27-23-20-12-6-7-13-21(20)30-17-14-22(23)31-24/h3-7,10-13,26H,1-2,8-9,14-18H2,(H,25,27). The molecule has 0 fully saturated rings. The van der Waals surface area contributed by atoms with Gasteiger partial charge in [-0.2, -0.15) is 0 Å². The Kier molecular flexibility index (Phi) is 8.24. The molecule has 0 saturated heterocycles. The molecule has 0 amide bonds. The van der Waals surface area contributed by atoms with Crippen LogP contribution in [0.1, 0.15) is 36.1 Å². The van der Waals surface area contributed by atoms with E-state index in [0.29, 0.717) is 6.54 Å². The van der Waals surface area contributed by atoms with Crippen LogP contribution >= 0.6 is 23.1 Å². The topological polar surface area (TPSA) is 71.1 Å². The zero-order valence-corrected chi connectivity index (χ0v) is 20.5. The highest BCUT2D eigenvalue weighted by molar-refractivity contribution is 7.99. The number of hydrogen-bond donors (Lipinski definition) is 2. The molecule has 0 atom stereocenters. The molecule has 0 unspecified atom stereocenters. The predicted octanol–water partition coefficient (Wildman–Crippen LogP) is 5.55. The summed E-state index contributed by atoms with van der Waals surface area (Å²) in [5, 5.41) is 4.49. The smallest absolute Gasteiger partial charge is 0.215 e. The molecule has 2 aromatic carbocycles. The van der Waals surface area contributed by atoms with Crippen LogP contribution in [0.2, 0.25) is 0 Å². The highest BCUT2D eigenvalue weighted by atomic mass is 32.2. The molecule has 0 saturated carbocycles. The lowest BCUT2D eigenvalue weighted by atomic mass is 10.1. The Bertz CT molecular complexity index is 1110. The van der Waals surface area contributed by atoms with Crippen molar-refractivity contribution in [2.45, 2.75) is 42.8 Å². The Morgan fingerprint density at radius 2 is 1.66 bits per heavy atom. The van der Waals surface area contributed by atoms with E-state index in [9.17, 15) is 8.42 Å². The largest absolute Gasteiger partial charge is 0.361 e. The van der Waals surface area contributed by atoms with Gasteiger partial charge in [-0.25, -0.2) is 18.1 Å². The fourth-order valence-corrected chi connectivity index (χ4v) is 7.06. The van der Waals surface area contributed by atoms with Gasteiger partial charge in [0.15, 0.2) is 5.13 Å². The Labute approximate surface area is 199 Å². The average Bonchev–Trinajstić information content (AvgIpc) is 3.11. The third kappa shape index (κ3) is 6.57. The van der Waals surface area contributed by atoms with Gasteiger partial charge in [-0.3, -0.25) is 0 Å². The summed E-state index contributed by atoms with van der Waals surface area (Å²) in [5.74, 6) is 1.14. The molecule has 5 nitrogen and oxygen atoms in total. The molecule has 1 aliphatic rings. The first-order valence-electron chi connectivity index (χ1n) is 11.1. The maximum atomic E-state index is 12.1. The van der Waals surface area contributed by atoms with Crippen LogP contribution in [-0.2, 0) is 22.2 Å². The Balaban J connectivity index is 1.14. The number of rotatable bonds is 11. The van der Waals surface area contributed by atoms with Crippen molar-refractivity contribution in [3.63, 3.8) is 0 Å². The maximum Gasteiger partial charge on any atom is 0.215 e. The van der Waals surface area contributed by atoms with Gasteiger partial charge in [-0.15, -0.1) is 23.1 Å². The van der Waals surface area contributed by atoms with Gasteiger partial charge in [-0.05, 0) is 30.9 Å². The monoisotopic (exact) mass is 487 g/mol. The molecule has 1 aromatic heterocycles. The van der Waals surface area contributed by atoms with E-state index >= 15 is 0 Å². The summed E-state index contributed by atoms with van der Waals surface area (Å²) in [6.45, 7) is 1.39.